The van der Waals surface area contributed by atoms with Crippen molar-refractivity contribution in [1.82, 2.24) is 9.03 Å². The van der Waals surface area contributed by atoms with Gasteiger partial charge in [0.05, 0.1) is 0 Å². The van der Waals surface area contributed by atoms with Gasteiger partial charge in [0.25, 0.3) is 0 Å². The highest BCUT2D eigenvalue weighted by Crippen LogP contribution is 2.06. The molecule has 0 saturated heterocycles. The summed E-state index contributed by atoms with van der Waals surface area (Å²) in [7, 11) is -5.45. The highest BCUT2D eigenvalue weighted by Gasteiger charge is 2.17. The van der Waals surface area contributed by atoms with Crippen molar-refractivity contribution in [2.45, 2.75) is 39.3 Å². The van der Waals surface area contributed by atoms with Gasteiger partial charge < -0.3 is 0 Å². The lowest BCUT2D eigenvalue weighted by atomic mass is 10.3. The van der Waals surface area contributed by atoms with E-state index in [4.69, 9.17) is 0 Å². The number of hydrogen-bond acceptors (Lipinski definition) is 4. The first-order chi connectivity index (χ1) is 8.52. The molecule has 0 aromatic carbocycles. The Bertz CT molecular complexity index is 521. The second-order valence-corrected chi connectivity index (χ2v) is 8.03. The summed E-state index contributed by atoms with van der Waals surface area (Å²) < 4.78 is 49.5. The summed E-state index contributed by atoms with van der Waals surface area (Å²) in [4.78, 5) is 0. The molecule has 6 nitrogen and oxygen atoms in total. The van der Waals surface area contributed by atoms with Crippen molar-refractivity contribution >= 4 is 20.0 Å². The molecule has 1 N–H and O–H groups in total. The van der Waals surface area contributed by atoms with Gasteiger partial charge >= 0.3 is 0 Å². The molecule has 0 fully saturated rings. The molecule has 0 heterocycles. The second-order valence-electron chi connectivity index (χ2n) is 4.49. The summed E-state index contributed by atoms with van der Waals surface area (Å²) in [6.45, 7) is 8.36. The monoisotopic (exact) mass is 310 g/mol. The van der Waals surface area contributed by atoms with Crippen LogP contribution in [0.2, 0.25) is 0 Å². The molecule has 0 aliphatic heterocycles. The summed E-state index contributed by atoms with van der Waals surface area (Å²) in [6.07, 6.45) is 1.71. The Balaban J connectivity index is 4.57. The summed E-state index contributed by atoms with van der Waals surface area (Å²) in [6, 6.07) is -0.537. The number of rotatable bonds is 8. The minimum absolute atomic E-state index is 0.133. The Labute approximate surface area is 116 Å². The number of hydrogen-bond donors (Lipinski definition) is 1. The molecule has 19 heavy (non-hydrogen) atoms. The van der Waals surface area contributed by atoms with Crippen molar-refractivity contribution in [3.05, 3.63) is 23.5 Å². The predicted octanol–water partition coefficient (Wildman–Crippen LogP) is 1.01. The number of nitrogens with zero attached hydrogens (tertiary/aromatic N) is 1. The van der Waals surface area contributed by atoms with Crippen LogP contribution < -0.4 is 4.72 Å². The third-order valence-electron chi connectivity index (χ3n) is 2.47. The molecule has 0 aliphatic carbocycles. The van der Waals surface area contributed by atoms with E-state index in [0.29, 0.717) is 0 Å². The van der Waals surface area contributed by atoms with Crippen LogP contribution in [-0.4, -0.2) is 40.3 Å². The molecule has 0 spiro atoms. The molecule has 112 valence electrons. The molecule has 0 aromatic heterocycles. The van der Waals surface area contributed by atoms with Crippen molar-refractivity contribution in [3.63, 3.8) is 0 Å². The van der Waals surface area contributed by atoms with E-state index in [1.54, 1.807) is 20.8 Å². The van der Waals surface area contributed by atoms with Crippen molar-refractivity contribution in [2.24, 2.45) is 0 Å². The molecule has 0 radical (unpaired) electrons. The molecular weight excluding hydrogens is 288 g/mol. The second kappa shape index (κ2) is 7.18. The molecule has 0 amide bonds. The maximum Gasteiger partial charge on any atom is 0.235 e. The van der Waals surface area contributed by atoms with Crippen LogP contribution in [-0.2, 0) is 20.0 Å². The van der Waals surface area contributed by atoms with Gasteiger partial charge in [0.15, 0.2) is 0 Å². The lowest BCUT2D eigenvalue weighted by Crippen LogP contribution is -2.32. The van der Waals surface area contributed by atoms with Gasteiger partial charge in [-0.15, -0.1) is 0 Å². The van der Waals surface area contributed by atoms with E-state index in [9.17, 15) is 16.8 Å². The van der Waals surface area contributed by atoms with Crippen molar-refractivity contribution < 1.29 is 16.8 Å². The van der Waals surface area contributed by atoms with Crippen LogP contribution in [0, 0.1) is 0 Å². The van der Waals surface area contributed by atoms with E-state index in [-0.39, 0.29) is 12.5 Å². The molecule has 0 saturated carbocycles. The van der Waals surface area contributed by atoms with Crippen molar-refractivity contribution in [1.29, 1.82) is 0 Å². The third-order valence-corrected chi connectivity index (χ3v) is 5.40. The van der Waals surface area contributed by atoms with Gasteiger partial charge in [0.1, 0.15) is 0 Å². The van der Waals surface area contributed by atoms with Gasteiger partial charge in [-0.1, -0.05) is 12.7 Å². The molecular formula is C11H22N2O4S2. The van der Waals surface area contributed by atoms with Crippen LogP contribution >= 0.6 is 0 Å². The maximum atomic E-state index is 11.8. The topological polar surface area (TPSA) is 83.5 Å². The third kappa shape index (κ3) is 6.86. The Hall–Kier alpha value is -0.700. The zero-order chi connectivity index (χ0) is 15.3. The fourth-order valence-electron chi connectivity index (χ4n) is 1.15. The van der Waals surface area contributed by atoms with Gasteiger partial charge in [-0.3, -0.25) is 0 Å². The average molecular weight is 310 g/mol. The van der Waals surface area contributed by atoms with Crippen LogP contribution in [0.4, 0.5) is 0 Å². The molecule has 8 heteroatoms. The SMILES string of the molecule is C=CS(=O)(=O)NC(C)C/C=C/S(=O)(=O)N(C)C(C)C. The van der Waals surface area contributed by atoms with Gasteiger partial charge in [0, 0.05) is 29.9 Å². The zero-order valence-electron chi connectivity index (χ0n) is 11.7. The van der Waals surface area contributed by atoms with E-state index < -0.39 is 26.1 Å². The summed E-state index contributed by atoms with van der Waals surface area (Å²) in [5, 5.41) is 1.90. The normalized spacial score (nSPS) is 15.3. The zero-order valence-corrected chi connectivity index (χ0v) is 13.3. The first-order valence-electron chi connectivity index (χ1n) is 5.81. The van der Waals surface area contributed by atoms with Crippen LogP contribution in [0.25, 0.3) is 0 Å². The predicted molar refractivity (Wildman–Crippen MR) is 77.3 cm³/mol. The van der Waals surface area contributed by atoms with E-state index in [1.165, 1.54) is 17.4 Å². The quantitative estimate of drug-likeness (QED) is 0.725. The van der Waals surface area contributed by atoms with Crippen LogP contribution in [0.5, 0.6) is 0 Å². The fraction of sp³-hybridized carbons (Fsp3) is 0.636. The van der Waals surface area contributed by atoms with Gasteiger partial charge in [0.2, 0.25) is 20.0 Å². The minimum atomic E-state index is -3.49. The van der Waals surface area contributed by atoms with Gasteiger partial charge in [-0.05, 0) is 27.2 Å². The van der Waals surface area contributed by atoms with Crippen LogP contribution in [0.15, 0.2) is 23.5 Å². The van der Waals surface area contributed by atoms with Crippen LogP contribution in [0.1, 0.15) is 27.2 Å². The smallest absolute Gasteiger partial charge is 0.209 e. The fourth-order valence-corrected chi connectivity index (χ4v) is 3.04. The van der Waals surface area contributed by atoms with E-state index in [0.717, 1.165) is 10.8 Å². The molecule has 0 aliphatic rings. The van der Waals surface area contributed by atoms with Crippen LogP contribution in [0.3, 0.4) is 0 Å². The lowest BCUT2D eigenvalue weighted by molar-refractivity contribution is 0.416. The lowest BCUT2D eigenvalue weighted by Gasteiger charge is -2.18. The van der Waals surface area contributed by atoms with Gasteiger partial charge in [-0.25, -0.2) is 21.6 Å². The molecule has 0 aromatic rings. The molecule has 0 bridgehead atoms. The largest absolute Gasteiger partial charge is 0.235 e. The molecule has 0 rings (SSSR count). The van der Waals surface area contributed by atoms with E-state index in [1.807, 2.05) is 0 Å². The maximum absolute atomic E-state index is 11.8. The Kier molecular flexibility index (Phi) is 6.92. The summed E-state index contributed by atoms with van der Waals surface area (Å²) >= 11 is 0. The Morgan fingerprint density at radius 1 is 1.21 bits per heavy atom. The molecule has 1 atom stereocenters. The van der Waals surface area contributed by atoms with Crippen molar-refractivity contribution in [2.75, 3.05) is 7.05 Å². The highest BCUT2D eigenvalue weighted by molar-refractivity contribution is 7.92. The first kappa shape index (κ1) is 18.3. The Morgan fingerprint density at radius 3 is 2.16 bits per heavy atom. The van der Waals surface area contributed by atoms with Crippen molar-refractivity contribution in [3.8, 4) is 0 Å². The van der Waals surface area contributed by atoms with E-state index >= 15 is 0 Å². The van der Waals surface area contributed by atoms with Gasteiger partial charge in [-0.2, -0.15) is 4.31 Å². The number of sulfonamides is 2. The number of nitrogens with one attached hydrogen (secondary N) is 1. The first-order valence-corrected chi connectivity index (χ1v) is 8.86. The highest BCUT2D eigenvalue weighted by atomic mass is 32.2. The Morgan fingerprint density at radius 2 is 1.74 bits per heavy atom. The van der Waals surface area contributed by atoms with E-state index in [2.05, 4.69) is 11.3 Å². The average Bonchev–Trinajstić information content (AvgIpc) is 2.26. The molecule has 1 unspecified atom stereocenters. The summed E-state index contributed by atoms with van der Waals surface area (Å²) in [5.41, 5.74) is 0. The summed E-state index contributed by atoms with van der Waals surface area (Å²) in [5.74, 6) is 0. The standard InChI is InChI=1S/C11H22N2O4S2/c1-6-18(14,15)12-11(4)8-7-9-19(16,17)13(5)10(2)3/h6-7,9-12H,1,8H2,2-5H3/b9-7+. The minimum Gasteiger partial charge on any atom is -0.209 e.